The molecule has 2 amide bonds. The van der Waals surface area contributed by atoms with Crippen molar-refractivity contribution < 1.29 is 14.0 Å². The van der Waals surface area contributed by atoms with E-state index in [-0.39, 0.29) is 23.5 Å². The minimum Gasteiger partial charge on any atom is -0.357 e. The second-order valence-corrected chi connectivity index (χ2v) is 13.7. The van der Waals surface area contributed by atoms with Gasteiger partial charge < -0.3 is 10.6 Å². The lowest BCUT2D eigenvalue weighted by atomic mass is 9.85. The Labute approximate surface area is 263 Å². The van der Waals surface area contributed by atoms with Gasteiger partial charge in [-0.2, -0.15) is 0 Å². The first-order valence-electron chi connectivity index (χ1n) is 15.3. The van der Waals surface area contributed by atoms with Crippen LogP contribution in [0.5, 0.6) is 0 Å². The summed E-state index contributed by atoms with van der Waals surface area (Å²) in [7, 11) is 2.19. The fourth-order valence-corrected chi connectivity index (χ4v) is 6.66. The number of likely N-dealkylation sites (N-methyl/N-ethyl adjacent to an activating group) is 1. The molecule has 3 atom stereocenters. The third kappa shape index (κ3) is 9.86. The normalized spacial score (nSPS) is 13.0. The average molecular weight is 611 g/mol. The van der Waals surface area contributed by atoms with Gasteiger partial charge in [0, 0.05) is 13.0 Å². The molecule has 44 heavy (non-hydrogen) atoms. The van der Waals surface area contributed by atoms with Crippen molar-refractivity contribution >= 4 is 20.4 Å². The second kappa shape index (κ2) is 15.8. The molecular weight excluding hydrogens is 566 g/mol. The van der Waals surface area contributed by atoms with Crippen molar-refractivity contribution in [2.45, 2.75) is 52.2 Å². The summed E-state index contributed by atoms with van der Waals surface area (Å²) in [6.07, 6.45) is 4.03. The molecule has 0 saturated heterocycles. The number of carbonyl (C=O) groups excluding carboxylic acids is 2. The first-order valence-corrected chi connectivity index (χ1v) is 16.7. The van der Waals surface area contributed by atoms with Gasteiger partial charge in [0.1, 0.15) is 11.9 Å². The van der Waals surface area contributed by atoms with Crippen molar-refractivity contribution in [1.82, 2.24) is 10.6 Å². The van der Waals surface area contributed by atoms with Crippen molar-refractivity contribution in [3.05, 3.63) is 131 Å². The van der Waals surface area contributed by atoms with E-state index in [1.54, 1.807) is 19.2 Å². The van der Waals surface area contributed by atoms with E-state index < -0.39 is 11.5 Å². The Bertz CT molecular complexity index is 1480. The molecule has 4 nitrogen and oxygen atoms in total. The van der Waals surface area contributed by atoms with E-state index in [0.717, 1.165) is 41.9 Å². The van der Waals surface area contributed by atoms with E-state index in [1.165, 1.54) is 28.8 Å². The molecule has 4 rings (SSSR count). The zero-order chi connectivity index (χ0) is 31.5. The molecule has 4 aromatic carbocycles. The van der Waals surface area contributed by atoms with Crippen LogP contribution in [0.15, 0.2) is 103 Å². The molecule has 0 spiro atoms. The summed E-state index contributed by atoms with van der Waals surface area (Å²) in [6.45, 7) is 5.90. The van der Waals surface area contributed by atoms with Crippen molar-refractivity contribution in [2.24, 2.45) is 11.3 Å². The number of benzene rings is 4. The molecule has 0 aromatic heterocycles. The molecule has 0 heterocycles. The van der Waals surface area contributed by atoms with E-state index >= 15 is 0 Å². The number of rotatable bonds is 13. The fourth-order valence-electron chi connectivity index (χ4n) is 5.25. The van der Waals surface area contributed by atoms with Crippen molar-refractivity contribution in [3.8, 4) is 11.1 Å². The highest BCUT2D eigenvalue weighted by molar-refractivity contribution is 7.37. The van der Waals surface area contributed by atoms with Crippen LogP contribution < -0.4 is 10.6 Å². The second-order valence-electron chi connectivity index (χ2n) is 12.5. The lowest BCUT2D eigenvalue weighted by Crippen LogP contribution is -2.54. The zero-order valence-corrected chi connectivity index (χ0v) is 27.2. The van der Waals surface area contributed by atoms with Crippen LogP contribution in [-0.2, 0) is 28.6 Å². The number of halogens is 1. The minimum atomic E-state index is -0.613. The molecule has 0 saturated carbocycles. The van der Waals surface area contributed by atoms with Crippen LogP contribution in [-0.4, -0.2) is 31.1 Å². The Balaban J connectivity index is 1.40. The molecule has 6 heteroatoms. The third-order valence-electron chi connectivity index (χ3n) is 7.94. The standard InChI is InChI=1S/C38H44FN2O2P/c1-38(2,3)35(37(43)40-4)41-36(42)33(19-16-27-14-17-31(18-15-27)32-20-22-34(39)23-21-32)26-44-25-30-12-10-29(11-13-30)24-28-8-6-5-7-9-28/h5-15,17-18,20-23,33,35,44H,16,19,24-26H2,1-4H3,(H,40,43)(H,41,42). The predicted octanol–water partition coefficient (Wildman–Crippen LogP) is 7.79. The van der Waals surface area contributed by atoms with E-state index in [0.29, 0.717) is 15.0 Å². The van der Waals surface area contributed by atoms with Crippen LogP contribution in [0, 0.1) is 17.2 Å². The Hall–Kier alpha value is -3.82. The summed E-state index contributed by atoms with van der Waals surface area (Å²) in [5.74, 6) is -0.709. The number of aryl methyl sites for hydroxylation is 1. The lowest BCUT2D eigenvalue weighted by Gasteiger charge is -2.31. The van der Waals surface area contributed by atoms with Crippen molar-refractivity contribution in [2.75, 3.05) is 13.2 Å². The third-order valence-corrected chi connectivity index (χ3v) is 9.38. The van der Waals surface area contributed by atoms with E-state index in [9.17, 15) is 14.0 Å². The average Bonchev–Trinajstić information content (AvgIpc) is 3.02. The molecule has 0 radical (unpaired) electrons. The maximum absolute atomic E-state index is 13.7. The van der Waals surface area contributed by atoms with Gasteiger partial charge in [0.15, 0.2) is 0 Å². The summed E-state index contributed by atoms with van der Waals surface area (Å²) < 4.78 is 13.3. The van der Waals surface area contributed by atoms with Crippen LogP contribution in [0.1, 0.15) is 49.4 Å². The number of nitrogens with one attached hydrogen (secondary N) is 2. The highest BCUT2D eigenvalue weighted by atomic mass is 31.1. The van der Waals surface area contributed by atoms with Crippen LogP contribution in [0.3, 0.4) is 0 Å². The van der Waals surface area contributed by atoms with Gasteiger partial charge in [-0.3, -0.25) is 9.59 Å². The van der Waals surface area contributed by atoms with Gasteiger partial charge in [0.2, 0.25) is 11.8 Å². The van der Waals surface area contributed by atoms with Crippen molar-refractivity contribution in [1.29, 1.82) is 0 Å². The molecule has 2 N–H and O–H groups in total. The maximum atomic E-state index is 13.7. The SMILES string of the molecule is CNC(=O)C(NC(=O)C(CCc1ccc(-c2ccc(F)cc2)cc1)CPCc1ccc(Cc2ccccc2)cc1)C(C)(C)C. The molecule has 0 bridgehead atoms. The molecular formula is C38H44FN2O2P. The fraction of sp³-hybridized carbons (Fsp3) is 0.316. The van der Waals surface area contributed by atoms with E-state index in [4.69, 9.17) is 0 Å². The Morgan fingerprint density at radius 2 is 1.27 bits per heavy atom. The van der Waals surface area contributed by atoms with Gasteiger partial charge in [-0.15, -0.1) is 8.58 Å². The predicted molar refractivity (Wildman–Crippen MR) is 182 cm³/mol. The number of hydrogen-bond donors (Lipinski definition) is 2. The van der Waals surface area contributed by atoms with E-state index in [2.05, 4.69) is 71.3 Å². The van der Waals surface area contributed by atoms with Crippen LogP contribution in [0.2, 0.25) is 0 Å². The highest BCUT2D eigenvalue weighted by Gasteiger charge is 2.33. The summed E-state index contributed by atoms with van der Waals surface area (Å²) in [5.41, 5.74) is 6.57. The topological polar surface area (TPSA) is 58.2 Å². The zero-order valence-electron chi connectivity index (χ0n) is 26.2. The molecule has 0 aliphatic carbocycles. The summed E-state index contributed by atoms with van der Waals surface area (Å²) >= 11 is 0. The number of carbonyl (C=O) groups is 2. The van der Waals surface area contributed by atoms with Gasteiger partial charge >= 0.3 is 0 Å². The van der Waals surface area contributed by atoms with Gasteiger partial charge in [-0.05, 0) is 82.5 Å². The largest absolute Gasteiger partial charge is 0.357 e. The Kier molecular flexibility index (Phi) is 11.9. The minimum absolute atomic E-state index is 0.0674. The lowest BCUT2D eigenvalue weighted by molar-refractivity contribution is -0.133. The van der Waals surface area contributed by atoms with E-state index in [1.807, 2.05) is 39.0 Å². The van der Waals surface area contributed by atoms with Crippen LogP contribution in [0.25, 0.3) is 11.1 Å². The first-order chi connectivity index (χ1) is 21.1. The number of amides is 2. The van der Waals surface area contributed by atoms with Gasteiger partial charge in [0.25, 0.3) is 0 Å². The monoisotopic (exact) mass is 610 g/mol. The summed E-state index contributed by atoms with van der Waals surface area (Å²) in [4.78, 5) is 26.3. The van der Waals surface area contributed by atoms with Crippen LogP contribution in [0.4, 0.5) is 4.39 Å². The summed E-state index contributed by atoms with van der Waals surface area (Å²) in [6, 6.07) is 33.4. The summed E-state index contributed by atoms with van der Waals surface area (Å²) in [5, 5.41) is 5.79. The van der Waals surface area contributed by atoms with Crippen LogP contribution >= 0.6 is 8.58 Å². The smallest absolute Gasteiger partial charge is 0.242 e. The van der Waals surface area contributed by atoms with Crippen molar-refractivity contribution in [3.63, 3.8) is 0 Å². The highest BCUT2D eigenvalue weighted by Crippen LogP contribution is 2.27. The first kappa shape index (κ1) is 33.1. The molecule has 230 valence electrons. The molecule has 0 aliphatic heterocycles. The number of hydrogen-bond acceptors (Lipinski definition) is 2. The Morgan fingerprint density at radius 3 is 1.86 bits per heavy atom. The van der Waals surface area contributed by atoms with Gasteiger partial charge in [-0.1, -0.05) is 112 Å². The Morgan fingerprint density at radius 1 is 0.727 bits per heavy atom. The molecule has 0 fully saturated rings. The maximum Gasteiger partial charge on any atom is 0.242 e. The molecule has 3 unspecified atom stereocenters. The quantitative estimate of drug-likeness (QED) is 0.152. The molecule has 4 aromatic rings. The van der Waals surface area contributed by atoms with Gasteiger partial charge in [-0.25, -0.2) is 4.39 Å². The molecule has 0 aliphatic rings. The van der Waals surface area contributed by atoms with Gasteiger partial charge in [0.05, 0.1) is 0 Å².